The molecule has 0 bridgehead atoms. The lowest BCUT2D eigenvalue weighted by atomic mass is 10.1. The van der Waals surface area contributed by atoms with Gasteiger partial charge in [-0.25, -0.2) is 4.79 Å². The van der Waals surface area contributed by atoms with Gasteiger partial charge in [0.25, 0.3) is 11.4 Å². The van der Waals surface area contributed by atoms with Crippen molar-refractivity contribution >= 4 is 46.5 Å². The van der Waals surface area contributed by atoms with Gasteiger partial charge in [0.1, 0.15) is 4.91 Å². The van der Waals surface area contributed by atoms with Crippen molar-refractivity contribution in [2.75, 3.05) is 0 Å². The minimum Gasteiger partial charge on any atom is -0.258 e. The van der Waals surface area contributed by atoms with Gasteiger partial charge >= 0.3 is 10.2 Å². The van der Waals surface area contributed by atoms with Gasteiger partial charge in [0, 0.05) is 36.0 Å². The molecule has 138 valence electrons. The van der Waals surface area contributed by atoms with Gasteiger partial charge in [-0.05, 0) is 29.8 Å². The molecule has 2 heterocycles. The second kappa shape index (κ2) is 6.98. The molecule has 3 aromatic rings. The Morgan fingerprint density at radius 2 is 1.68 bits per heavy atom. The van der Waals surface area contributed by atoms with Crippen molar-refractivity contribution in [1.29, 1.82) is 0 Å². The first kappa shape index (κ1) is 18.0. The lowest BCUT2D eigenvalue weighted by molar-refractivity contribution is -0.588. The van der Waals surface area contributed by atoms with Gasteiger partial charge < -0.3 is 0 Å². The number of nitro groups is 2. The van der Waals surface area contributed by atoms with Crippen molar-refractivity contribution in [2.24, 2.45) is 0 Å². The Balaban J connectivity index is 1.68. The summed E-state index contributed by atoms with van der Waals surface area (Å²) >= 11 is 2.68. The Morgan fingerprint density at radius 3 is 2.36 bits per heavy atom. The van der Waals surface area contributed by atoms with Crippen LogP contribution < -0.4 is 4.57 Å². The third-order valence-corrected chi connectivity index (χ3v) is 6.19. The second-order valence-electron chi connectivity index (χ2n) is 5.79. The number of aromatic nitrogens is 1. The Bertz CT molecular complexity index is 1170. The number of non-ortho nitro benzene ring substituents is 2. The van der Waals surface area contributed by atoms with Crippen LogP contribution in [0.25, 0.3) is 17.3 Å². The van der Waals surface area contributed by atoms with E-state index in [1.54, 1.807) is 35.7 Å². The standard InChI is InChI=1S/C18H10N3O5S2/c22-17-16(8-11-4-6-13(7-5-11)20(23)24)28-18-19(17)15(10-27-18)12-2-1-3-14(9-12)21(25)26/h1-10H/q+1/b16-8+. The Morgan fingerprint density at radius 1 is 0.964 bits per heavy atom. The van der Waals surface area contributed by atoms with Gasteiger partial charge in [-0.1, -0.05) is 17.4 Å². The third kappa shape index (κ3) is 3.19. The number of hydrogen-bond acceptors (Lipinski definition) is 7. The quantitative estimate of drug-likeness (QED) is 0.274. The third-order valence-electron chi connectivity index (χ3n) is 4.06. The summed E-state index contributed by atoms with van der Waals surface area (Å²) in [6, 6.07) is 12.1. The maximum atomic E-state index is 12.9. The summed E-state index contributed by atoms with van der Waals surface area (Å²) in [4.78, 5) is 34.2. The molecular formula is C18H10N3O5S2+. The van der Waals surface area contributed by atoms with Crippen LogP contribution in [-0.4, -0.2) is 15.8 Å². The van der Waals surface area contributed by atoms with Gasteiger partial charge in [-0.15, -0.1) is 4.57 Å². The van der Waals surface area contributed by atoms with Gasteiger partial charge in [0.05, 0.1) is 20.8 Å². The van der Waals surface area contributed by atoms with Crippen LogP contribution >= 0.6 is 23.1 Å². The van der Waals surface area contributed by atoms with Crippen LogP contribution in [-0.2, 0) is 0 Å². The number of benzene rings is 2. The van der Waals surface area contributed by atoms with Crippen LogP contribution in [0.4, 0.5) is 11.4 Å². The lowest BCUT2D eigenvalue weighted by Gasteiger charge is -1.96. The SMILES string of the molecule is O=C1/C(=C\c2ccc([N+](=O)[O-])cc2)Sc2scc(-c3cccc([N+](=O)[O-])c3)[n+]21. The summed E-state index contributed by atoms with van der Waals surface area (Å²) in [5.41, 5.74) is 1.79. The van der Waals surface area contributed by atoms with Crippen molar-refractivity contribution in [1.82, 2.24) is 0 Å². The fraction of sp³-hybridized carbons (Fsp3) is 0. The van der Waals surface area contributed by atoms with Crippen LogP contribution in [0.15, 0.2) is 63.2 Å². The number of nitrogens with zero attached hydrogens (tertiary/aromatic N) is 3. The molecule has 0 fully saturated rings. The van der Waals surface area contributed by atoms with E-state index in [1.807, 2.05) is 0 Å². The number of carbonyl (C=O) groups is 1. The number of thioether (sulfide) groups is 1. The van der Waals surface area contributed by atoms with Crippen LogP contribution in [0.2, 0.25) is 0 Å². The van der Waals surface area contributed by atoms with Crippen LogP contribution in [0.3, 0.4) is 0 Å². The van der Waals surface area contributed by atoms with Gasteiger partial charge in [0.2, 0.25) is 5.69 Å². The molecule has 0 aliphatic carbocycles. The predicted molar refractivity (Wildman–Crippen MR) is 104 cm³/mol. The van der Waals surface area contributed by atoms with Gasteiger partial charge in [-0.2, -0.15) is 0 Å². The first-order valence-electron chi connectivity index (χ1n) is 7.91. The minimum absolute atomic E-state index is 0.0195. The van der Waals surface area contributed by atoms with E-state index in [4.69, 9.17) is 0 Å². The molecule has 8 nitrogen and oxygen atoms in total. The zero-order valence-electron chi connectivity index (χ0n) is 14.0. The molecular weight excluding hydrogens is 402 g/mol. The van der Waals surface area contributed by atoms with Crippen molar-refractivity contribution < 1.29 is 19.2 Å². The van der Waals surface area contributed by atoms with E-state index in [-0.39, 0.29) is 17.3 Å². The average molecular weight is 412 g/mol. The molecule has 0 N–H and O–H groups in total. The van der Waals surface area contributed by atoms with Crippen LogP contribution in [0, 0.1) is 20.2 Å². The van der Waals surface area contributed by atoms with E-state index in [2.05, 4.69) is 0 Å². The zero-order chi connectivity index (χ0) is 19.8. The van der Waals surface area contributed by atoms with Crippen LogP contribution in [0.5, 0.6) is 0 Å². The second-order valence-corrected chi connectivity index (χ2v) is 7.94. The highest BCUT2D eigenvalue weighted by Crippen LogP contribution is 2.38. The Labute approximate surface area is 166 Å². The van der Waals surface area contributed by atoms with E-state index in [9.17, 15) is 25.0 Å². The van der Waals surface area contributed by atoms with Crippen molar-refractivity contribution in [3.8, 4) is 11.3 Å². The highest BCUT2D eigenvalue weighted by molar-refractivity contribution is 8.05. The summed E-state index contributed by atoms with van der Waals surface area (Å²) in [6.07, 6.45) is 1.67. The maximum Gasteiger partial charge on any atom is 0.433 e. The van der Waals surface area contributed by atoms with E-state index >= 15 is 0 Å². The maximum absolute atomic E-state index is 12.9. The molecule has 0 atom stereocenters. The molecule has 0 amide bonds. The highest BCUT2D eigenvalue weighted by Gasteiger charge is 2.41. The predicted octanol–water partition coefficient (Wildman–Crippen LogP) is 4.31. The molecule has 0 unspecified atom stereocenters. The average Bonchev–Trinajstić information content (AvgIpc) is 3.23. The summed E-state index contributed by atoms with van der Waals surface area (Å²) in [5.74, 6) is -0.235. The molecule has 0 spiro atoms. The van der Waals surface area contributed by atoms with Gasteiger partial charge in [-0.3, -0.25) is 20.2 Å². The summed E-state index contributed by atoms with van der Waals surface area (Å²) in [6.45, 7) is 0. The molecule has 28 heavy (non-hydrogen) atoms. The number of carbonyl (C=O) groups excluding carboxylic acids is 1. The normalized spacial score (nSPS) is 14.3. The number of hydrogen-bond donors (Lipinski definition) is 0. The number of thiazole rings is 1. The summed E-state index contributed by atoms with van der Waals surface area (Å²) in [5, 5.41) is 23.6. The zero-order valence-corrected chi connectivity index (χ0v) is 15.6. The van der Waals surface area contributed by atoms with Crippen LogP contribution in [0.1, 0.15) is 10.4 Å². The molecule has 0 saturated heterocycles. The molecule has 0 saturated carbocycles. The molecule has 10 heteroatoms. The molecule has 4 rings (SSSR count). The fourth-order valence-electron chi connectivity index (χ4n) is 2.73. The summed E-state index contributed by atoms with van der Waals surface area (Å²) in [7, 11) is 0. The highest BCUT2D eigenvalue weighted by atomic mass is 32.2. The molecule has 1 aliphatic heterocycles. The van der Waals surface area contributed by atoms with Crippen molar-refractivity contribution in [3.05, 3.63) is 84.6 Å². The van der Waals surface area contributed by atoms with E-state index in [0.29, 0.717) is 21.7 Å². The van der Waals surface area contributed by atoms with E-state index in [1.165, 1.54) is 51.9 Å². The number of rotatable bonds is 4. The first-order valence-corrected chi connectivity index (χ1v) is 9.61. The van der Waals surface area contributed by atoms with E-state index in [0.717, 1.165) is 4.34 Å². The summed E-state index contributed by atoms with van der Waals surface area (Å²) < 4.78 is 2.28. The first-order chi connectivity index (χ1) is 13.4. The van der Waals surface area contributed by atoms with E-state index < -0.39 is 9.85 Å². The molecule has 1 aromatic heterocycles. The largest absolute Gasteiger partial charge is 0.433 e. The van der Waals surface area contributed by atoms with Crippen molar-refractivity contribution in [2.45, 2.75) is 4.34 Å². The topological polar surface area (TPSA) is 107 Å². The molecule has 1 aliphatic rings. The number of nitro benzene ring substituents is 2. The fourth-order valence-corrected chi connectivity index (χ4v) is 4.91. The monoisotopic (exact) mass is 412 g/mol. The number of fused-ring (bicyclic) bond motifs is 1. The minimum atomic E-state index is -0.481. The van der Waals surface area contributed by atoms with Gasteiger partial charge in [0.15, 0.2) is 0 Å². The molecule has 2 aromatic carbocycles. The Hall–Kier alpha value is -3.37. The lowest BCUT2D eigenvalue weighted by Crippen LogP contribution is -2.40. The molecule has 0 radical (unpaired) electrons. The Kier molecular flexibility index (Phi) is 4.49. The van der Waals surface area contributed by atoms with Crippen molar-refractivity contribution in [3.63, 3.8) is 0 Å². The smallest absolute Gasteiger partial charge is 0.258 e. The number of allylic oxidation sites excluding steroid dienone is 1.